The van der Waals surface area contributed by atoms with Crippen LogP contribution in [0, 0.1) is 0 Å². The van der Waals surface area contributed by atoms with E-state index in [0.717, 1.165) is 17.1 Å². The van der Waals surface area contributed by atoms with Crippen LogP contribution in [-0.2, 0) is 9.47 Å². The van der Waals surface area contributed by atoms with Crippen LogP contribution in [0.3, 0.4) is 0 Å². The van der Waals surface area contributed by atoms with Gasteiger partial charge in [-0.1, -0.05) is 54.6 Å². The Bertz CT molecular complexity index is 672. The zero-order valence-corrected chi connectivity index (χ0v) is 13.4. The molecule has 0 amide bonds. The lowest BCUT2D eigenvalue weighted by Gasteiger charge is -2.39. The third-order valence-corrected chi connectivity index (χ3v) is 4.41. The first kappa shape index (κ1) is 15.1. The molecule has 3 nitrogen and oxygen atoms in total. The molecule has 4 rings (SSSR count). The van der Waals surface area contributed by atoms with Gasteiger partial charge in [0.1, 0.15) is 17.1 Å². The third kappa shape index (κ3) is 2.43. The first-order chi connectivity index (χ1) is 11.9. The van der Waals surface area contributed by atoms with Gasteiger partial charge in [0.15, 0.2) is 0 Å². The standard InChI is InChI=1S/C21H20NO2/c1-4-10-18(11-5-1)22(21-23-16-17-24-21,19-12-6-2-7-13-19)20-14-8-3-9-15-20/h1-15,21H,16-17H2/q+1. The molecule has 0 N–H and O–H groups in total. The normalized spacial score (nSPS) is 15.5. The Morgan fingerprint density at radius 1 is 0.542 bits per heavy atom. The van der Waals surface area contributed by atoms with Gasteiger partial charge in [-0.3, -0.25) is 0 Å². The van der Waals surface area contributed by atoms with E-state index in [-0.39, 0.29) is 0 Å². The molecule has 1 aliphatic rings. The Morgan fingerprint density at radius 2 is 0.875 bits per heavy atom. The third-order valence-electron chi connectivity index (χ3n) is 4.41. The minimum atomic E-state index is -0.405. The Hall–Kier alpha value is -2.46. The summed E-state index contributed by atoms with van der Waals surface area (Å²) < 4.78 is 12.5. The van der Waals surface area contributed by atoms with Crippen molar-refractivity contribution in [3.05, 3.63) is 91.0 Å². The average molecular weight is 318 g/mol. The number of benzene rings is 3. The fraction of sp³-hybridized carbons (Fsp3) is 0.143. The molecule has 0 radical (unpaired) electrons. The van der Waals surface area contributed by atoms with Crippen LogP contribution in [0.4, 0.5) is 17.1 Å². The highest BCUT2D eigenvalue weighted by Crippen LogP contribution is 2.47. The van der Waals surface area contributed by atoms with Crippen molar-refractivity contribution in [2.24, 2.45) is 0 Å². The largest absolute Gasteiger partial charge is 0.323 e. The molecule has 24 heavy (non-hydrogen) atoms. The second-order valence-electron chi connectivity index (χ2n) is 5.78. The molecule has 0 aromatic heterocycles. The number of ether oxygens (including phenoxy) is 2. The van der Waals surface area contributed by atoms with Gasteiger partial charge in [0.05, 0.1) is 13.2 Å². The molecule has 0 saturated carbocycles. The van der Waals surface area contributed by atoms with Crippen LogP contribution in [0.25, 0.3) is 0 Å². The van der Waals surface area contributed by atoms with E-state index in [0.29, 0.717) is 17.7 Å². The summed E-state index contributed by atoms with van der Waals surface area (Å²) in [5, 5.41) is 0. The number of nitrogens with zero attached hydrogens (tertiary/aromatic N) is 1. The lowest BCUT2D eigenvalue weighted by Crippen LogP contribution is -2.49. The molecule has 1 aliphatic heterocycles. The lowest BCUT2D eigenvalue weighted by molar-refractivity contribution is -0.106. The van der Waals surface area contributed by atoms with E-state index in [1.54, 1.807) is 0 Å². The van der Waals surface area contributed by atoms with Crippen LogP contribution >= 0.6 is 0 Å². The predicted octanol–water partition coefficient (Wildman–Crippen LogP) is 4.99. The molecule has 0 aliphatic carbocycles. The van der Waals surface area contributed by atoms with Gasteiger partial charge >= 0.3 is 6.41 Å². The van der Waals surface area contributed by atoms with E-state index < -0.39 is 6.41 Å². The van der Waals surface area contributed by atoms with E-state index in [2.05, 4.69) is 72.8 Å². The highest BCUT2D eigenvalue weighted by atomic mass is 16.7. The van der Waals surface area contributed by atoms with Crippen molar-refractivity contribution in [3.8, 4) is 0 Å². The van der Waals surface area contributed by atoms with Crippen molar-refractivity contribution >= 4 is 17.1 Å². The summed E-state index contributed by atoms with van der Waals surface area (Å²) in [6, 6.07) is 31.2. The molecule has 1 saturated heterocycles. The topological polar surface area (TPSA) is 18.5 Å². The van der Waals surface area contributed by atoms with Gasteiger partial charge in [-0.25, -0.2) is 0 Å². The highest BCUT2D eigenvalue weighted by Gasteiger charge is 2.47. The first-order valence-corrected chi connectivity index (χ1v) is 8.21. The van der Waals surface area contributed by atoms with Crippen LogP contribution in [0.2, 0.25) is 0 Å². The molecule has 1 fully saturated rings. The van der Waals surface area contributed by atoms with Gasteiger partial charge in [0.2, 0.25) is 0 Å². The molecule has 0 atom stereocenters. The molecule has 3 heteroatoms. The maximum Gasteiger partial charge on any atom is 0.323 e. The van der Waals surface area contributed by atoms with Crippen LogP contribution in [-0.4, -0.2) is 19.6 Å². The summed E-state index contributed by atoms with van der Waals surface area (Å²) in [4.78, 5) is 0. The van der Waals surface area contributed by atoms with E-state index >= 15 is 0 Å². The second kappa shape index (κ2) is 6.57. The number of quaternary nitrogens is 1. The van der Waals surface area contributed by atoms with Crippen molar-refractivity contribution in [1.82, 2.24) is 4.48 Å². The van der Waals surface area contributed by atoms with Crippen molar-refractivity contribution < 1.29 is 9.47 Å². The number of para-hydroxylation sites is 3. The predicted molar refractivity (Wildman–Crippen MR) is 96.1 cm³/mol. The van der Waals surface area contributed by atoms with Gasteiger partial charge in [-0.15, -0.1) is 0 Å². The lowest BCUT2D eigenvalue weighted by atomic mass is 10.1. The van der Waals surface area contributed by atoms with Crippen molar-refractivity contribution in [1.29, 1.82) is 0 Å². The van der Waals surface area contributed by atoms with E-state index in [1.165, 1.54) is 0 Å². The minimum absolute atomic E-state index is 0.391. The van der Waals surface area contributed by atoms with E-state index in [4.69, 9.17) is 9.47 Å². The second-order valence-corrected chi connectivity index (χ2v) is 5.78. The van der Waals surface area contributed by atoms with Crippen LogP contribution < -0.4 is 4.48 Å². The maximum absolute atomic E-state index is 6.03. The molecular formula is C21H20NO2+. The summed E-state index contributed by atoms with van der Waals surface area (Å²) in [5.74, 6) is 0. The van der Waals surface area contributed by atoms with Crippen LogP contribution in [0.1, 0.15) is 0 Å². The fourth-order valence-corrected chi connectivity index (χ4v) is 3.37. The van der Waals surface area contributed by atoms with Gasteiger partial charge < -0.3 is 9.47 Å². The smallest absolute Gasteiger partial charge is 0.302 e. The van der Waals surface area contributed by atoms with Gasteiger partial charge in [-0.2, -0.15) is 4.48 Å². The van der Waals surface area contributed by atoms with Crippen molar-refractivity contribution in [2.45, 2.75) is 6.41 Å². The Balaban J connectivity index is 2.03. The molecule has 1 heterocycles. The summed E-state index contributed by atoms with van der Waals surface area (Å²) in [5.41, 5.74) is 3.34. The molecule has 0 unspecified atom stereocenters. The first-order valence-electron chi connectivity index (χ1n) is 8.21. The van der Waals surface area contributed by atoms with Gasteiger partial charge in [-0.05, 0) is 0 Å². The molecule has 0 spiro atoms. The van der Waals surface area contributed by atoms with Crippen LogP contribution in [0.15, 0.2) is 91.0 Å². The molecular weight excluding hydrogens is 298 g/mol. The quantitative estimate of drug-likeness (QED) is 0.631. The molecule has 0 bridgehead atoms. The van der Waals surface area contributed by atoms with Gasteiger partial charge in [0.25, 0.3) is 0 Å². The summed E-state index contributed by atoms with van der Waals surface area (Å²) >= 11 is 0. The number of rotatable bonds is 4. The SMILES string of the molecule is c1ccc([N+](c2ccccc2)(c2ccccc2)C2OCCO2)cc1. The zero-order valence-electron chi connectivity index (χ0n) is 13.4. The number of hydrogen-bond donors (Lipinski definition) is 0. The van der Waals surface area contributed by atoms with Crippen molar-refractivity contribution in [3.63, 3.8) is 0 Å². The molecule has 3 aromatic carbocycles. The van der Waals surface area contributed by atoms with Crippen molar-refractivity contribution in [2.75, 3.05) is 13.2 Å². The highest BCUT2D eigenvalue weighted by molar-refractivity contribution is 5.71. The van der Waals surface area contributed by atoms with Gasteiger partial charge in [0, 0.05) is 36.4 Å². The summed E-state index contributed by atoms with van der Waals surface area (Å²) in [6.45, 7) is 1.22. The minimum Gasteiger partial charge on any atom is -0.302 e. The summed E-state index contributed by atoms with van der Waals surface area (Å²) in [7, 11) is 0. The number of hydrogen-bond acceptors (Lipinski definition) is 2. The van der Waals surface area contributed by atoms with Crippen LogP contribution in [0.5, 0.6) is 0 Å². The molecule has 3 aromatic rings. The fourth-order valence-electron chi connectivity index (χ4n) is 3.37. The average Bonchev–Trinajstić information content (AvgIpc) is 3.20. The summed E-state index contributed by atoms with van der Waals surface area (Å²) in [6.07, 6.45) is -0.405. The van der Waals surface area contributed by atoms with E-state index in [9.17, 15) is 0 Å². The monoisotopic (exact) mass is 318 g/mol. The maximum atomic E-state index is 6.03. The molecule has 120 valence electrons. The Morgan fingerprint density at radius 3 is 1.21 bits per heavy atom. The van der Waals surface area contributed by atoms with E-state index in [1.807, 2.05) is 18.2 Å². The zero-order chi connectivity index (χ0) is 16.2. The Labute approximate surface area is 142 Å². The Kier molecular flexibility index (Phi) is 4.13.